The predicted molar refractivity (Wildman–Crippen MR) is 111 cm³/mol. The Morgan fingerprint density at radius 3 is 1.92 bits per heavy atom. The first-order chi connectivity index (χ1) is 11.4. The van der Waals surface area contributed by atoms with Crippen molar-refractivity contribution >= 4 is 44.9 Å². The van der Waals surface area contributed by atoms with Crippen LogP contribution in [-0.2, 0) is 22.0 Å². The maximum Gasteiger partial charge on any atom is 0.518 e. The summed E-state index contributed by atoms with van der Waals surface area (Å²) in [5, 5.41) is 0. The second-order valence-corrected chi connectivity index (χ2v) is 10.8. The number of aryl methyl sites for hydroxylation is 1. The van der Waals surface area contributed by atoms with E-state index in [4.69, 9.17) is 11.8 Å². The zero-order valence-corrected chi connectivity index (χ0v) is 20.2. The van der Waals surface area contributed by atoms with E-state index in [1.807, 2.05) is 5.79 Å². The fraction of sp³-hybridized carbons (Fsp3) is 0.632. The van der Waals surface area contributed by atoms with Crippen LogP contribution in [0.15, 0.2) is 12.1 Å². The first-order valence-corrected chi connectivity index (χ1v) is 13.3. The maximum atomic E-state index is 12.1. The molecule has 1 aromatic rings. The van der Waals surface area contributed by atoms with E-state index in [1.54, 1.807) is 0 Å². The van der Waals surface area contributed by atoms with Gasteiger partial charge in [0, 0.05) is 6.42 Å². The number of carbonyl (C=O) groups excluding carboxylic acids is 1. The molecule has 0 unspecified atom stereocenters. The van der Waals surface area contributed by atoms with Crippen LogP contribution in [0.3, 0.4) is 0 Å². The highest BCUT2D eigenvalue weighted by Gasteiger charge is 2.27. The molecule has 1 amide bonds. The average Bonchev–Trinajstić information content (AvgIpc) is 2.50. The van der Waals surface area contributed by atoms with E-state index in [9.17, 15) is 4.79 Å². The van der Waals surface area contributed by atoms with Gasteiger partial charge >= 0.3 is 31.0 Å². The summed E-state index contributed by atoms with van der Waals surface area (Å²) >= 11 is -1.20. The molecule has 0 N–H and O–H groups in total. The van der Waals surface area contributed by atoms with Crippen LogP contribution in [0.4, 0.5) is 0 Å². The lowest BCUT2D eigenvalue weighted by Gasteiger charge is -2.31. The quantitative estimate of drug-likeness (QED) is 0.719. The minimum absolute atomic E-state index is 0.00480. The molecule has 2 radical (unpaired) electrons. The monoisotopic (exact) mass is 371 g/mol. The Morgan fingerprint density at radius 1 is 1.08 bits per heavy atom. The van der Waals surface area contributed by atoms with Crippen molar-refractivity contribution in [1.82, 2.24) is 3.79 Å². The normalized spacial score (nSPS) is 11.8. The smallest absolute Gasteiger partial charge is 0.518 e. The fourth-order valence-electron chi connectivity index (χ4n) is 2.82. The number of nitrogens with zero attached hydrogens (tertiary/aromatic N) is 1. The van der Waals surface area contributed by atoms with Gasteiger partial charge in [-0.15, -0.1) is 0 Å². The number of hydrogen-bond donors (Lipinski definition) is 0. The van der Waals surface area contributed by atoms with Gasteiger partial charge in [-0.25, -0.2) is 0 Å². The molecule has 134 valence electrons. The lowest BCUT2D eigenvalue weighted by atomic mass is 9.78. The van der Waals surface area contributed by atoms with Gasteiger partial charge < -0.3 is 7.58 Å². The summed E-state index contributed by atoms with van der Waals surface area (Å²) in [5.74, 6) is 5.29. The van der Waals surface area contributed by atoms with Crippen LogP contribution in [0.1, 0.15) is 64.7 Å². The van der Waals surface area contributed by atoms with Gasteiger partial charge in [0.15, 0.2) is 13.9 Å². The van der Waals surface area contributed by atoms with Gasteiger partial charge in [-0.2, -0.15) is 0 Å². The number of benzene rings is 1. The topological polar surface area (TPSA) is 29.5 Å². The largest absolute Gasteiger partial charge is 0.645 e. The molecular formula is C19H32Al2BNO2. The van der Waals surface area contributed by atoms with Crippen LogP contribution >= 0.6 is 0 Å². The number of carbonyl (C=O) groups is 1. The van der Waals surface area contributed by atoms with Gasteiger partial charge in [0.2, 0.25) is 0 Å². The molecule has 1 rings (SSSR count). The van der Waals surface area contributed by atoms with E-state index < -0.39 is 31.0 Å². The van der Waals surface area contributed by atoms with Gasteiger partial charge in [0.25, 0.3) is 0 Å². The molecule has 1 aromatic carbocycles. The molecule has 0 fully saturated rings. The molecule has 0 spiro atoms. The molecule has 0 aromatic heterocycles. The van der Waals surface area contributed by atoms with Crippen molar-refractivity contribution in [3.05, 3.63) is 28.8 Å². The van der Waals surface area contributed by atoms with E-state index in [1.165, 1.54) is 20.5 Å². The lowest BCUT2D eigenvalue weighted by molar-refractivity contribution is -0.123. The van der Waals surface area contributed by atoms with Crippen LogP contribution in [-0.4, -0.2) is 48.7 Å². The third-order valence-electron chi connectivity index (χ3n) is 4.34. The molecule has 0 aliphatic carbocycles. The molecule has 0 aliphatic rings. The lowest BCUT2D eigenvalue weighted by Crippen LogP contribution is -2.30. The molecule has 0 aliphatic heterocycles. The van der Waals surface area contributed by atoms with Crippen molar-refractivity contribution in [3.8, 4) is 5.75 Å². The zero-order chi connectivity index (χ0) is 19.4. The zero-order valence-electron chi connectivity index (χ0n) is 17.3. The van der Waals surface area contributed by atoms with Crippen molar-refractivity contribution in [3.63, 3.8) is 0 Å². The Kier molecular flexibility index (Phi) is 8.17. The highest BCUT2D eigenvalue weighted by molar-refractivity contribution is 6.46. The molecule has 3 nitrogen and oxygen atoms in total. The second kappa shape index (κ2) is 9.01. The number of amides is 1. The predicted octanol–water partition coefficient (Wildman–Crippen LogP) is 3.30. The van der Waals surface area contributed by atoms with Crippen LogP contribution in [0.25, 0.3) is 0 Å². The maximum absolute atomic E-state index is 12.1. The molecule has 0 bridgehead atoms. The standard InChI is InChI=1S/C17H25BNO2.2CH3.2Al.2H/c1-16(2,3)12-9-11(7-8-14(20)19-18)10-13(15(12)21)17(4,5)6;;;;;;/h9-10H,7-8H2,1-6H3,(H-,19,20,21);2*1H3;;;;/q-1;;;2*+1;;/p-1. The molecule has 6 heteroatoms. The summed E-state index contributed by atoms with van der Waals surface area (Å²) in [4.78, 5) is 12.1. The van der Waals surface area contributed by atoms with Gasteiger partial charge in [-0.3, -0.25) is 4.79 Å². The molecule has 0 saturated heterocycles. The van der Waals surface area contributed by atoms with Gasteiger partial charge in [-0.1, -0.05) is 65.2 Å². The van der Waals surface area contributed by atoms with Crippen molar-refractivity contribution in [2.75, 3.05) is 0 Å². The van der Waals surface area contributed by atoms with Gasteiger partial charge in [0.1, 0.15) is 0 Å². The minimum Gasteiger partial charge on any atom is -0.645 e. The highest BCUT2D eigenvalue weighted by atomic mass is 27.1. The molecule has 25 heavy (non-hydrogen) atoms. The van der Waals surface area contributed by atoms with Crippen molar-refractivity contribution in [2.45, 2.75) is 76.8 Å². The third-order valence-corrected chi connectivity index (χ3v) is 5.95. The van der Waals surface area contributed by atoms with E-state index in [2.05, 4.69) is 59.5 Å². The Labute approximate surface area is 168 Å². The van der Waals surface area contributed by atoms with Crippen molar-refractivity contribution < 1.29 is 8.58 Å². The van der Waals surface area contributed by atoms with Crippen LogP contribution < -0.4 is 3.79 Å². The van der Waals surface area contributed by atoms with Crippen LogP contribution in [0, 0.1) is 0 Å². The SMILES string of the molecule is [B][N]([AlH][CH3])C(=O)CCc1cc(C(C)(C)C)c([O][AlH][CH3])c(C(C)(C)C)c1. The van der Waals surface area contributed by atoms with Crippen LogP contribution in [0.2, 0.25) is 11.6 Å². The molecule has 0 atom stereocenters. The van der Waals surface area contributed by atoms with E-state index in [0.29, 0.717) is 6.42 Å². The number of hydrogen-bond acceptors (Lipinski definition) is 2. The van der Waals surface area contributed by atoms with Gasteiger partial charge in [-0.05, 0) is 33.9 Å². The van der Waals surface area contributed by atoms with Crippen molar-refractivity contribution in [1.29, 1.82) is 0 Å². The Morgan fingerprint density at radius 2 is 1.56 bits per heavy atom. The third kappa shape index (κ3) is 6.37. The summed E-state index contributed by atoms with van der Waals surface area (Å²) in [5.41, 5.74) is 3.67. The summed E-state index contributed by atoms with van der Waals surface area (Å²) in [7, 11) is 5.77. The van der Waals surface area contributed by atoms with Crippen LogP contribution in [0.5, 0.6) is 5.75 Å². The molecule has 0 saturated carbocycles. The Bertz CT molecular complexity index is 571. The van der Waals surface area contributed by atoms with E-state index in [-0.39, 0.29) is 16.7 Å². The highest BCUT2D eigenvalue weighted by Crippen LogP contribution is 2.40. The Hall–Kier alpha value is -0.380. The van der Waals surface area contributed by atoms with Crippen molar-refractivity contribution in [2.24, 2.45) is 0 Å². The molecule has 0 heterocycles. The first-order valence-electron chi connectivity index (χ1n) is 9.27. The average molecular weight is 371 g/mol. The summed E-state index contributed by atoms with van der Waals surface area (Å²) in [6, 6.07) is 4.46. The molecular weight excluding hydrogens is 339 g/mol. The van der Waals surface area contributed by atoms with E-state index in [0.717, 1.165) is 12.2 Å². The van der Waals surface area contributed by atoms with E-state index >= 15 is 0 Å². The second-order valence-electron chi connectivity index (χ2n) is 8.63. The number of rotatable bonds is 6. The summed E-state index contributed by atoms with van der Waals surface area (Å²) in [6.45, 7) is 13.3. The first kappa shape index (κ1) is 22.7. The summed E-state index contributed by atoms with van der Waals surface area (Å²) in [6.07, 6.45) is 1.18. The fourth-order valence-corrected chi connectivity index (χ4v) is 3.93. The minimum atomic E-state index is -0.637. The Balaban J connectivity index is 3.34. The van der Waals surface area contributed by atoms with Gasteiger partial charge in [0.05, 0.1) is 5.75 Å². The summed E-state index contributed by atoms with van der Waals surface area (Å²) < 4.78 is 7.63.